The van der Waals surface area contributed by atoms with Gasteiger partial charge < -0.3 is 16.8 Å². The van der Waals surface area contributed by atoms with E-state index in [4.69, 9.17) is 16.7 Å². The molecule has 5 N–H and O–H groups in total. The smallest absolute Gasteiger partial charge is 0.248 e. The predicted molar refractivity (Wildman–Crippen MR) is 73.8 cm³/mol. The average molecular weight is 270 g/mol. The molecule has 2 rings (SSSR count). The van der Waals surface area contributed by atoms with E-state index in [1.54, 1.807) is 6.07 Å². The number of amides is 1. The fourth-order valence-corrected chi connectivity index (χ4v) is 1.66. The second-order valence-electron chi connectivity index (χ2n) is 4.10. The number of halogens is 1. The lowest BCUT2D eigenvalue weighted by Gasteiger charge is -2.11. The number of nitrogens with one attached hydrogen (secondary N) is 1. The maximum Gasteiger partial charge on any atom is 0.248 e. The monoisotopic (exact) mass is 270 g/mol. The van der Waals surface area contributed by atoms with E-state index in [0.717, 1.165) is 0 Å². The first-order valence-electron chi connectivity index (χ1n) is 5.67. The van der Waals surface area contributed by atoms with Crippen LogP contribution in [-0.4, -0.2) is 5.91 Å². The standard InChI is InChI=1S/C14H11FN4O/c15-11-3-2-10(5-9(11)7-16)19-13-6-8(14(18)20)1-4-12(13)17/h1-6,19H,17H2,(H2,18,20). The van der Waals surface area contributed by atoms with Gasteiger partial charge in [0.1, 0.15) is 11.9 Å². The van der Waals surface area contributed by atoms with Crippen molar-refractivity contribution >= 4 is 23.0 Å². The number of anilines is 3. The molecule has 0 fully saturated rings. The molecular weight excluding hydrogens is 259 g/mol. The van der Waals surface area contributed by atoms with E-state index in [1.165, 1.54) is 36.4 Å². The molecule has 100 valence electrons. The number of hydrogen-bond donors (Lipinski definition) is 3. The van der Waals surface area contributed by atoms with Gasteiger partial charge in [-0.25, -0.2) is 4.39 Å². The molecule has 5 nitrogen and oxygen atoms in total. The topological polar surface area (TPSA) is 105 Å². The first-order chi connectivity index (χ1) is 9.51. The van der Waals surface area contributed by atoms with E-state index in [0.29, 0.717) is 22.6 Å². The number of hydrogen-bond acceptors (Lipinski definition) is 4. The molecule has 2 aromatic rings. The van der Waals surface area contributed by atoms with Crippen LogP contribution in [0.25, 0.3) is 0 Å². The third-order valence-electron chi connectivity index (χ3n) is 2.70. The van der Waals surface area contributed by atoms with Gasteiger partial charge in [0.15, 0.2) is 0 Å². The van der Waals surface area contributed by atoms with Gasteiger partial charge in [-0.05, 0) is 36.4 Å². The Bertz CT molecular complexity index is 722. The van der Waals surface area contributed by atoms with Crippen molar-refractivity contribution in [1.29, 1.82) is 5.26 Å². The summed E-state index contributed by atoms with van der Waals surface area (Å²) in [6.45, 7) is 0. The van der Waals surface area contributed by atoms with Crippen LogP contribution in [0.4, 0.5) is 21.5 Å². The van der Waals surface area contributed by atoms with Crippen LogP contribution in [0.2, 0.25) is 0 Å². The number of primary amides is 1. The highest BCUT2D eigenvalue weighted by atomic mass is 19.1. The van der Waals surface area contributed by atoms with Gasteiger partial charge >= 0.3 is 0 Å². The van der Waals surface area contributed by atoms with Gasteiger partial charge in [-0.1, -0.05) is 0 Å². The second-order valence-corrected chi connectivity index (χ2v) is 4.10. The van der Waals surface area contributed by atoms with Crippen molar-refractivity contribution < 1.29 is 9.18 Å². The highest BCUT2D eigenvalue weighted by molar-refractivity contribution is 5.95. The molecule has 0 heterocycles. The van der Waals surface area contributed by atoms with Crippen molar-refractivity contribution in [2.45, 2.75) is 0 Å². The molecule has 20 heavy (non-hydrogen) atoms. The van der Waals surface area contributed by atoms with Crippen LogP contribution in [0.15, 0.2) is 36.4 Å². The minimum Gasteiger partial charge on any atom is -0.397 e. The number of nitrogens with zero attached hydrogens (tertiary/aromatic N) is 1. The molecule has 1 amide bonds. The van der Waals surface area contributed by atoms with Gasteiger partial charge in [0.25, 0.3) is 0 Å². The van der Waals surface area contributed by atoms with E-state index < -0.39 is 11.7 Å². The quantitative estimate of drug-likeness (QED) is 0.743. The number of benzene rings is 2. The number of nitriles is 1. The Hall–Kier alpha value is -3.07. The molecule has 6 heteroatoms. The van der Waals surface area contributed by atoms with Crippen molar-refractivity contribution in [1.82, 2.24) is 0 Å². The number of carbonyl (C=O) groups excluding carboxylic acids is 1. The lowest BCUT2D eigenvalue weighted by Crippen LogP contribution is -2.11. The Morgan fingerprint density at radius 1 is 1.25 bits per heavy atom. The zero-order valence-corrected chi connectivity index (χ0v) is 10.4. The summed E-state index contributed by atoms with van der Waals surface area (Å²) in [6.07, 6.45) is 0. The Labute approximate surface area is 114 Å². The summed E-state index contributed by atoms with van der Waals surface area (Å²) in [5.41, 5.74) is 12.5. The molecule has 2 aromatic carbocycles. The van der Waals surface area contributed by atoms with Gasteiger partial charge in [0.05, 0.1) is 16.9 Å². The molecule has 0 aliphatic heterocycles. The Balaban J connectivity index is 2.37. The molecule has 0 unspecified atom stereocenters. The SMILES string of the molecule is N#Cc1cc(Nc2cc(C(N)=O)ccc2N)ccc1F. The summed E-state index contributed by atoms with van der Waals surface area (Å²) in [5.74, 6) is -1.18. The molecule has 0 atom stereocenters. The predicted octanol–water partition coefficient (Wildman–Crippen LogP) is 2.12. The maximum absolute atomic E-state index is 13.2. The summed E-state index contributed by atoms with van der Waals surface area (Å²) < 4.78 is 13.2. The Kier molecular flexibility index (Phi) is 3.53. The zero-order chi connectivity index (χ0) is 14.7. The first kappa shape index (κ1) is 13.4. The second kappa shape index (κ2) is 5.28. The van der Waals surface area contributed by atoms with Gasteiger partial charge in [-0.2, -0.15) is 5.26 Å². The maximum atomic E-state index is 13.2. The molecule has 0 aliphatic carbocycles. The molecule has 0 saturated heterocycles. The van der Waals surface area contributed by atoms with E-state index in [-0.39, 0.29) is 5.56 Å². The van der Waals surface area contributed by atoms with E-state index in [9.17, 15) is 9.18 Å². The fourth-order valence-electron chi connectivity index (χ4n) is 1.66. The number of carbonyl (C=O) groups is 1. The van der Waals surface area contributed by atoms with Crippen LogP contribution in [0, 0.1) is 17.1 Å². The molecule has 0 spiro atoms. The summed E-state index contributed by atoms with van der Waals surface area (Å²) in [6, 6.07) is 10.3. The number of rotatable bonds is 3. The third kappa shape index (κ3) is 2.67. The first-order valence-corrected chi connectivity index (χ1v) is 5.67. The van der Waals surface area contributed by atoms with Crippen LogP contribution in [0.3, 0.4) is 0 Å². The lowest BCUT2D eigenvalue weighted by molar-refractivity contribution is 0.100. The number of nitrogen functional groups attached to an aromatic ring is 1. The molecule has 0 radical (unpaired) electrons. The molecule has 0 saturated carbocycles. The van der Waals surface area contributed by atoms with Gasteiger partial charge in [0.2, 0.25) is 5.91 Å². The van der Waals surface area contributed by atoms with Crippen LogP contribution in [0.1, 0.15) is 15.9 Å². The van der Waals surface area contributed by atoms with Crippen molar-refractivity contribution in [3.05, 3.63) is 53.3 Å². The lowest BCUT2D eigenvalue weighted by atomic mass is 10.1. The molecular formula is C14H11FN4O. The normalized spacial score (nSPS) is 9.80. The van der Waals surface area contributed by atoms with Crippen LogP contribution in [-0.2, 0) is 0 Å². The minimum absolute atomic E-state index is 0.0837. The van der Waals surface area contributed by atoms with E-state index in [2.05, 4.69) is 5.32 Å². The highest BCUT2D eigenvalue weighted by Crippen LogP contribution is 2.25. The van der Waals surface area contributed by atoms with Crippen molar-refractivity contribution in [2.24, 2.45) is 5.73 Å². The Morgan fingerprint density at radius 3 is 2.65 bits per heavy atom. The third-order valence-corrected chi connectivity index (χ3v) is 2.70. The fraction of sp³-hybridized carbons (Fsp3) is 0. The largest absolute Gasteiger partial charge is 0.397 e. The number of nitrogens with two attached hydrogens (primary N) is 2. The highest BCUT2D eigenvalue weighted by Gasteiger charge is 2.07. The van der Waals surface area contributed by atoms with Crippen LogP contribution in [0.5, 0.6) is 0 Å². The van der Waals surface area contributed by atoms with Gasteiger partial charge in [-0.15, -0.1) is 0 Å². The molecule has 0 aromatic heterocycles. The molecule has 0 aliphatic rings. The van der Waals surface area contributed by atoms with Gasteiger partial charge in [-0.3, -0.25) is 4.79 Å². The van der Waals surface area contributed by atoms with Gasteiger partial charge in [0, 0.05) is 11.3 Å². The van der Waals surface area contributed by atoms with Crippen LogP contribution >= 0.6 is 0 Å². The summed E-state index contributed by atoms with van der Waals surface area (Å²) in [7, 11) is 0. The minimum atomic E-state index is -0.600. The van der Waals surface area contributed by atoms with E-state index in [1.807, 2.05) is 0 Å². The van der Waals surface area contributed by atoms with Crippen molar-refractivity contribution in [2.75, 3.05) is 11.1 Å². The summed E-state index contributed by atoms with van der Waals surface area (Å²) in [4.78, 5) is 11.1. The average Bonchev–Trinajstić information content (AvgIpc) is 2.43. The summed E-state index contributed by atoms with van der Waals surface area (Å²) >= 11 is 0. The molecule has 0 bridgehead atoms. The zero-order valence-electron chi connectivity index (χ0n) is 10.4. The van der Waals surface area contributed by atoms with Crippen molar-refractivity contribution in [3.63, 3.8) is 0 Å². The Morgan fingerprint density at radius 2 is 2.00 bits per heavy atom. The van der Waals surface area contributed by atoms with E-state index >= 15 is 0 Å². The van der Waals surface area contributed by atoms with Crippen LogP contribution < -0.4 is 16.8 Å². The van der Waals surface area contributed by atoms with Crippen molar-refractivity contribution in [3.8, 4) is 6.07 Å². The summed E-state index contributed by atoms with van der Waals surface area (Å²) in [5, 5.41) is 11.7.